The molecule has 4 aromatic rings. The van der Waals surface area contributed by atoms with Crippen LogP contribution in [-0.2, 0) is 22.4 Å². The smallest absolute Gasteiger partial charge is 0.255 e. The number of aromatic amines is 1. The number of hydrogen-bond donors (Lipinski definition) is 3. The van der Waals surface area contributed by atoms with Crippen LogP contribution in [-0.4, -0.2) is 46.2 Å². The van der Waals surface area contributed by atoms with Crippen LogP contribution in [0.2, 0.25) is 0 Å². The maximum atomic E-state index is 14.0. The van der Waals surface area contributed by atoms with Crippen LogP contribution >= 0.6 is 0 Å². The monoisotopic (exact) mass is 534 g/mol. The number of benzene rings is 3. The van der Waals surface area contributed by atoms with Crippen molar-refractivity contribution in [1.82, 2.24) is 20.5 Å². The summed E-state index contributed by atoms with van der Waals surface area (Å²) in [6, 6.07) is 23.8. The zero-order chi connectivity index (χ0) is 27.8. The largest absolute Gasteiger partial charge is 0.356 e. The minimum atomic E-state index is -0.736. The van der Waals surface area contributed by atoms with Crippen molar-refractivity contribution in [2.45, 2.75) is 51.2 Å². The molecule has 3 amide bonds. The lowest BCUT2D eigenvalue weighted by molar-refractivity contribution is -0.133. The Bertz CT molecular complexity index is 1580. The molecule has 6 rings (SSSR count). The lowest BCUT2D eigenvalue weighted by Crippen LogP contribution is -2.58. The van der Waals surface area contributed by atoms with Gasteiger partial charge in [0.1, 0.15) is 12.1 Å². The molecule has 3 heterocycles. The predicted octanol–water partition coefficient (Wildman–Crippen LogP) is 4.53. The van der Waals surface area contributed by atoms with Gasteiger partial charge in [0.15, 0.2) is 0 Å². The van der Waals surface area contributed by atoms with Crippen molar-refractivity contribution >= 4 is 28.6 Å². The second-order valence-electron chi connectivity index (χ2n) is 10.9. The van der Waals surface area contributed by atoms with E-state index in [0.717, 1.165) is 39.7 Å². The molecule has 204 valence electrons. The van der Waals surface area contributed by atoms with Crippen molar-refractivity contribution in [1.29, 1.82) is 0 Å². The Balaban J connectivity index is 1.28. The Labute approximate surface area is 234 Å². The molecule has 4 atom stereocenters. The summed E-state index contributed by atoms with van der Waals surface area (Å²) in [7, 11) is 0. The van der Waals surface area contributed by atoms with E-state index < -0.39 is 12.1 Å². The van der Waals surface area contributed by atoms with Gasteiger partial charge in [0.25, 0.3) is 5.91 Å². The number of amides is 3. The van der Waals surface area contributed by atoms with Crippen molar-refractivity contribution in [2.75, 3.05) is 6.54 Å². The van der Waals surface area contributed by atoms with Crippen LogP contribution in [0.1, 0.15) is 59.1 Å². The van der Waals surface area contributed by atoms with Gasteiger partial charge in [0, 0.05) is 35.1 Å². The van der Waals surface area contributed by atoms with E-state index in [0.29, 0.717) is 24.9 Å². The van der Waals surface area contributed by atoms with Crippen LogP contribution in [0.3, 0.4) is 0 Å². The third-order valence-electron chi connectivity index (χ3n) is 8.50. The normalized spacial score (nSPS) is 18.9. The fraction of sp³-hybridized carbons (Fsp3) is 0.303. The highest BCUT2D eigenvalue weighted by Crippen LogP contribution is 2.46. The molecule has 2 aliphatic rings. The summed E-state index contributed by atoms with van der Waals surface area (Å²) in [6.45, 7) is 4.46. The Morgan fingerprint density at radius 2 is 1.73 bits per heavy atom. The van der Waals surface area contributed by atoms with Gasteiger partial charge in [-0.15, -0.1) is 0 Å². The van der Waals surface area contributed by atoms with Gasteiger partial charge in [0.05, 0.1) is 6.04 Å². The molecular formula is C33H34N4O3. The average Bonchev–Trinajstić information content (AvgIpc) is 3.51. The first-order chi connectivity index (χ1) is 19.5. The standard InChI is InChI=1S/C33H34N4O3/c1-3-20(2)28(32(39)34-18-17-21-11-5-4-6-12-21)36-31(38)27-19-25-22-13-9-10-16-26(22)35-29(25)30-23-14-7-8-15-24(23)33(40)37(27)30/h4-16,20,27-28,30,35H,3,17-19H2,1-2H3,(H,34,39)(H,36,38)/t20-,27+,28+,30-/m1/s1. The number of hydrogen-bond acceptors (Lipinski definition) is 3. The number of H-pyrrole nitrogens is 1. The molecule has 7 nitrogen and oxygen atoms in total. The quantitative estimate of drug-likeness (QED) is 0.310. The Morgan fingerprint density at radius 1 is 1.00 bits per heavy atom. The third kappa shape index (κ3) is 4.45. The van der Waals surface area contributed by atoms with Crippen molar-refractivity contribution in [2.24, 2.45) is 5.92 Å². The zero-order valence-electron chi connectivity index (χ0n) is 22.8. The molecule has 2 aliphatic heterocycles. The highest BCUT2D eigenvalue weighted by molar-refractivity contribution is 6.04. The number of rotatable bonds is 8. The number of nitrogens with one attached hydrogen (secondary N) is 3. The molecule has 0 aliphatic carbocycles. The maximum Gasteiger partial charge on any atom is 0.255 e. The van der Waals surface area contributed by atoms with Crippen LogP contribution in [0.15, 0.2) is 78.9 Å². The van der Waals surface area contributed by atoms with Crippen molar-refractivity contribution in [3.8, 4) is 0 Å². The van der Waals surface area contributed by atoms with E-state index in [2.05, 4.69) is 21.7 Å². The van der Waals surface area contributed by atoms with Crippen molar-refractivity contribution < 1.29 is 14.4 Å². The van der Waals surface area contributed by atoms with Gasteiger partial charge < -0.3 is 20.5 Å². The number of aromatic nitrogens is 1. The van der Waals surface area contributed by atoms with Crippen molar-refractivity contribution in [3.63, 3.8) is 0 Å². The second-order valence-corrected chi connectivity index (χ2v) is 10.9. The van der Waals surface area contributed by atoms with Gasteiger partial charge in [-0.25, -0.2) is 0 Å². The number of para-hydroxylation sites is 1. The fourth-order valence-corrected chi connectivity index (χ4v) is 6.17. The summed E-state index contributed by atoms with van der Waals surface area (Å²) in [5, 5.41) is 7.14. The summed E-state index contributed by atoms with van der Waals surface area (Å²) >= 11 is 0. The summed E-state index contributed by atoms with van der Waals surface area (Å²) < 4.78 is 0. The molecule has 3 aromatic carbocycles. The lowest BCUT2D eigenvalue weighted by atomic mass is 9.89. The third-order valence-corrected chi connectivity index (χ3v) is 8.50. The first-order valence-electron chi connectivity index (χ1n) is 14.1. The number of nitrogens with zero attached hydrogens (tertiary/aromatic N) is 1. The van der Waals surface area contributed by atoms with E-state index in [1.54, 1.807) is 4.90 Å². The van der Waals surface area contributed by atoms with E-state index in [1.165, 1.54) is 0 Å². The van der Waals surface area contributed by atoms with Crippen LogP contribution < -0.4 is 10.6 Å². The van der Waals surface area contributed by atoms with Gasteiger partial charge in [-0.1, -0.05) is 87.0 Å². The van der Waals surface area contributed by atoms with Crippen LogP contribution in [0.4, 0.5) is 0 Å². The van der Waals surface area contributed by atoms with Gasteiger partial charge in [-0.05, 0) is 41.2 Å². The molecule has 7 heteroatoms. The highest BCUT2D eigenvalue weighted by atomic mass is 16.2. The van der Waals surface area contributed by atoms with Crippen LogP contribution in [0.5, 0.6) is 0 Å². The molecule has 0 saturated heterocycles. The summed E-state index contributed by atoms with van der Waals surface area (Å²) in [4.78, 5) is 46.3. The van der Waals surface area contributed by atoms with Crippen molar-refractivity contribution in [3.05, 3.63) is 107 Å². The van der Waals surface area contributed by atoms with Crippen LogP contribution in [0.25, 0.3) is 10.9 Å². The fourth-order valence-electron chi connectivity index (χ4n) is 6.17. The van der Waals surface area contributed by atoms with Gasteiger partial charge >= 0.3 is 0 Å². The van der Waals surface area contributed by atoms with E-state index >= 15 is 0 Å². The van der Waals surface area contributed by atoms with E-state index in [1.807, 2.05) is 86.6 Å². The Morgan fingerprint density at radius 3 is 2.52 bits per heavy atom. The van der Waals surface area contributed by atoms with E-state index in [9.17, 15) is 14.4 Å². The minimum Gasteiger partial charge on any atom is -0.356 e. The van der Waals surface area contributed by atoms with E-state index in [4.69, 9.17) is 0 Å². The average molecular weight is 535 g/mol. The maximum absolute atomic E-state index is 14.0. The first-order valence-corrected chi connectivity index (χ1v) is 14.1. The second kappa shape index (κ2) is 10.6. The molecule has 0 bridgehead atoms. The highest BCUT2D eigenvalue weighted by Gasteiger charge is 2.49. The number of carbonyl (C=O) groups is 3. The molecule has 0 spiro atoms. The SMILES string of the molecule is CC[C@@H](C)[C@H](NC(=O)[C@@H]1Cc2c([nH]c3ccccc23)[C@H]2c3ccccc3C(=O)N21)C(=O)NCCc1ccccc1. The van der Waals surface area contributed by atoms with Gasteiger partial charge in [0.2, 0.25) is 11.8 Å². The minimum absolute atomic E-state index is 0.0739. The topological polar surface area (TPSA) is 94.3 Å². The molecule has 0 radical (unpaired) electrons. The molecule has 0 unspecified atom stereocenters. The summed E-state index contributed by atoms with van der Waals surface area (Å²) in [5.41, 5.74) is 5.65. The molecule has 40 heavy (non-hydrogen) atoms. The molecule has 0 saturated carbocycles. The van der Waals surface area contributed by atoms with E-state index in [-0.39, 0.29) is 29.7 Å². The Kier molecular flexibility index (Phi) is 6.88. The molecular weight excluding hydrogens is 500 g/mol. The Hall–Kier alpha value is -4.39. The first kappa shape index (κ1) is 25.9. The molecule has 1 aromatic heterocycles. The van der Waals surface area contributed by atoms with Gasteiger partial charge in [-0.2, -0.15) is 0 Å². The molecule has 3 N–H and O–H groups in total. The van der Waals surface area contributed by atoms with Crippen LogP contribution in [0, 0.1) is 5.92 Å². The molecule has 0 fully saturated rings. The summed E-state index contributed by atoms with van der Waals surface area (Å²) in [5.74, 6) is -0.729. The predicted molar refractivity (Wildman–Crippen MR) is 155 cm³/mol. The number of fused-ring (bicyclic) bond motifs is 7. The summed E-state index contributed by atoms with van der Waals surface area (Å²) in [6.07, 6.45) is 1.82. The number of carbonyl (C=O) groups excluding carboxylic acids is 3. The van der Waals surface area contributed by atoms with Gasteiger partial charge in [-0.3, -0.25) is 14.4 Å². The lowest BCUT2D eigenvalue weighted by Gasteiger charge is -2.38. The zero-order valence-corrected chi connectivity index (χ0v) is 22.8.